The molecule has 0 fully saturated rings. The molecule has 5 nitrogen and oxygen atoms in total. The number of ether oxygens (including phenoxy) is 1. The molecule has 0 amide bonds. The summed E-state index contributed by atoms with van der Waals surface area (Å²) in [4.78, 5) is 18.9. The van der Waals surface area contributed by atoms with E-state index < -0.39 is 17.2 Å². The number of hydrogen-bond donors (Lipinski definition) is 2. The molecule has 2 aromatic carbocycles. The van der Waals surface area contributed by atoms with E-state index in [9.17, 15) is 9.90 Å². The van der Waals surface area contributed by atoms with Gasteiger partial charge in [0.2, 0.25) is 5.60 Å². The molecule has 2 rings (SSSR count). The van der Waals surface area contributed by atoms with Crippen molar-refractivity contribution < 1.29 is 19.5 Å². The van der Waals surface area contributed by atoms with Crippen molar-refractivity contribution in [3.63, 3.8) is 0 Å². The number of hydroxylamine groups is 1. The number of carbonyl (C=O) groups excluding carboxylic acids is 1. The number of phenolic OH excluding ortho intramolecular Hbond substituents is 1. The van der Waals surface area contributed by atoms with Crippen LogP contribution >= 0.6 is 0 Å². The summed E-state index contributed by atoms with van der Waals surface area (Å²) in [5, 5.41) is 9.36. The number of phenols is 1. The van der Waals surface area contributed by atoms with Gasteiger partial charge in [0.15, 0.2) is 0 Å². The fourth-order valence-electron chi connectivity index (χ4n) is 2.74. The lowest BCUT2D eigenvalue weighted by Crippen LogP contribution is -2.46. The maximum atomic E-state index is 13.0. The predicted octanol–water partition coefficient (Wildman–Crippen LogP) is 4.10. The van der Waals surface area contributed by atoms with Crippen LogP contribution in [-0.4, -0.2) is 23.2 Å². The fourth-order valence-corrected chi connectivity index (χ4v) is 2.74. The third-order valence-corrected chi connectivity index (χ3v) is 4.17. The maximum absolute atomic E-state index is 13.0. The molecule has 2 aromatic rings. The Morgan fingerprint density at radius 3 is 2.22 bits per heavy atom. The second-order valence-corrected chi connectivity index (χ2v) is 7.46. The van der Waals surface area contributed by atoms with Gasteiger partial charge < -0.3 is 9.84 Å². The van der Waals surface area contributed by atoms with Crippen LogP contribution in [0.25, 0.3) is 0 Å². The van der Waals surface area contributed by atoms with E-state index in [4.69, 9.17) is 9.57 Å². The molecule has 0 saturated carbocycles. The first-order valence-corrected chi connectivity index (χ1v) is 9.24. The lowest BCUT2D eigenvalue weighted by molar-refractivity contribution is -0.198. The zero-order chi connectivity index (χ0) is 19.9. The molecule has 0 bridgehead atoms. The van der Waals surface area contributed by atoms with E-state index in [0.29, 0.717) is 19.4 Å². The average Bonchev–Trinajstić information content (AvgIpc) is 2.63. The molecule has 0 saturated heterocycles. The Labute approximate surface area is 161 Å². The Bertz CT molecular complexity index is 722. The lowest BCUT2D eigenvalue weighted by Gasteiger charge is -2.33. The number of aromatic hydroxyl groups is 1. The van der Waals surface area contributed by atoms with E-state index in [-0.39, 0.29) is 5.75 Å². The van der Waals surface area contributed by atoms with Crippen LogP contribution in [0.5, 0.6) is 5.75 Å². The van der Waals surface area contributed by atoms with E-state index in [0.717, 1.165) is 11.1 Å². The van der Waals surface area contributed by atoms with Crippen LogP contribution in [0.1, 0.15) is 45.2 Å². The normalized spacial score (nSPS) is 13.8. The molecule has 0 spiro atoms. The minimum Gasteiger partial charge on any atom is -0.508 e. The van der Waals surface area contributed by atoms with Crippen molar-refractivity contribution in [2.75, 3.05) is 6.54 Å². The van der Waals surface area contributed by atoms with Crippen molar-refractivity contribution >= 4 is 5.97 Å². The summed E-state index contributed by atoms with van der Waals surface area (Å²) in [5.74, 6) is -0.178. The van der Waals surface area contributed by atoms with E-state index in [2.05, 4.69) is 5.48 Å². The van der Waals surface area contributed by atoms with Gasteiger partial charge in [0.25, 0.3) is 0 Å². The highest BCUT2D eigenvalue weighted by Crippen LogP contribution is 2.32. The summed E-state index contributed by atoms with van der Waals surface area (Å²) in [6, 6.07) is 16.4. The van der Waals surface area contributed by atoms with E-state index >= 15 is 0 Å². The molecule has 0 aromatic heterocycles. The number of carbonyl (C=O) groups is 1. The first-order chi connectivity index (χ1) is 12.8. The van der Waals surface area contributed by atoms with Crippen molar-refractivity contribution in [1.82, 2.24) is 5.48 Å². The third-order valence-electron chi connectivity index (χ3n) is 4.17. The molecular formula is C22H29NO4. The van der Waals surface area contributed by atoms with E-state index in [1.807, 2.05) is 70.2 Å². The van der Waals surface area contributed by atoms with Crippen LogP contribution in [0.2, 0.25) is 0 Å². The van der Waals surface area contributed by atoms with Gasteiger partial charge in [0.05, 0.1) is 0 Å². The summed E-state index contributed by atoms with van der Waals surface area (Å²) in [6.45, 7) is 7.94. The van der Waals surface area contributed by atoms with Crippen molar-refractivity contribution in [3.05, 3.63) is 65.7 Å². The van der Waals surface area contributed by atoms with Gasteiger partial charge in [-0.05, 0) is 56.9 Å². The van der Waals surface area contributed by atoms with Gasteiger partial charge in [-0.25, -0.2) is 10.3 Å². The van der Waals surface area contributed by atoms with Crippen LogP contribution in [0.4, 0.5) is 0 Å². The molecule has 0 aliphatic rings. The Hall–Kier alpha value is -2.37. The second kappa shape index (κ2) is 9.02. The number of hydrogen-bond acceptors (Lipinski definition) is 5. The topological polar surface area (TPSA) is 67.8 Å². The minimum absolute atomic E-state index is 0.238. The first-order valence-electron chi connectivity index (χ1n) is 9.24. The standard InChI is InChI=1S/C22H29NO4/c1-5-22(18-9-7-6-8-10-18,20(25)26-21(2,3)4)27-23-16-15-17-11-13-19(24)14-12-17/h6-14,23-24H,5,15-16H2,1-4H3. The number of esters is 1. The van der Waals surface area contributed by atoms with Crippen LogP contribution in [0, 0.1) is 0 Å². The van der Waals surface area contributed by atoms with E-state index in [1.165, 1.54) is 0 Å². The van der Waals surface area contributed by atoms with Gasteiger partial charge in [0, 0.05) is 6.54 Å². The smallest absolute Gasteiger partial charge is 0.345 e. The molecule has 0 radical (unpaired) electrons. The molecule has 0 aliphatic heterocycles. The second-order valence-electron chi connectivity index (χ2n) is 7.46. The van der Waals surface area contributed by atoms with Gasteiger partial charge in [0.1, 0.15) is 11.4 Å². The zero-order valence-electron chi connectivity index (χ0n) is 16.5. The molecule has 1 unspecified atom stereocenters. The summed E-state index contributed by atoms with van der Waals surface area (Å²) in [5.41, 5.74) is 2.92. The predicted molar refractivity (Wildman–Crippen MR) is 105 cm³/mol. The number of benzene rings is 2. The molecule has 0 aliphatic carbocycles. The van der Waals surface area contributed by atoms with Gasteiger partial charge in [-0.1, -0.05) is 49.4 Å². The van der Waals surface area contributed by atoms with Crippen molar-refractivity contribution in [2.24, 2.45) is 0 Å². The van der Waals surface area contributed by atoms with Gasteiger partial charge in [-0.3, -0.25) is 4.84 Å². The van der Waals surface area contributed by atoms with Gasteiger partial charge >= 0.3 is 5.97 Å². The van der Waals surface area contributed by atoms with Crippen molar-refractivity contribution in [1.29, 1.82) is 0 Å². The maximum Gasteiger partial charge on any atom is 0.345 e. The van der Waals surface area contributed by atoms with Crippen LogP contribution < -0.4 is 5.48 Å². The Kier molecular flexibility index (Phi) is 6.99. The van der Waals surface area contributed by atoms with Gasteiger partial charge in [-0.15, -0.1) is 0 Å². The molecular weight excluding hydrogens is 342 g/mol. The van der Waals surface area contributed by atoms with Gasteiger partial charge in [-0.2, -0.15) is 0 Å². The SMILES string of the molecule is CCC(ONCCc1ccc(O)cc1)(C(=O)OC(C)(C)C)c1ccccc1. The Morgan fingerprint density at radius 1 is 1.04 bits per heavy atom. The summed E-state index contributed by atoms with van der Waals surface area (Å²) in [7, 11) is 0. The van der Waals surface area contributed by atoms with Crippen LogP contribution in [0.15, 0.2) is 54.6 Å². The summed E-state index contributed by atoms with van der Waals surface area (Å²) >= 11 is 0. The molecule has 0 heterocycles. The van der Waals surface area contributed by atoms with Crippen molar-refractivity contribution in [2.45, 2.75) is 51.7 Å². The fraction of sp³-hybridized carbons (Fsp3) is 0.409. The quantitative estimate of drug-likeness (QED) is 0.415. The molecule has 146 valence electrons. The summed E-state index contributed by atoms with van der Waals surface area (Å²) < 4.78 is 5.65. The molecule has 5 heteroatoms. The first kappa shape index (κ1) is 20.9. The highest BCUT2D eigenvalue weighted by Gasteiger charge is 2.44. The number of rotatable bonds is 8. The summed E-state index contributed by atoms with van der Waals surface area (Å²) in [6.07, 6.45) is 1.13. The van der Waals surface area contributed by atoms with Crippen LogP contribution in [0.3, 0.4) is 0 Å². The largest absolute Gasteiger partial charge is 0.508 e. The Balaban J connectivity index is 2.12. The average molecular weight is 371 g/mol. The highest BCUT2D eigenvalue weighted by molar-refractivity contribution is 5.81. The minimum atomic E-state index is -1.22. The molecule has 2 N–H and O–H groups in total. The zero-order valence-corrected chi connectivity index (χ0v) is 16.5. The van der Waals surface area contributed by atoms with E-state index in [1.54, 1.807) is 12.1 Å². The lowest BCUT2D eigenvalue weighted by atomic mass is 9.91. The van der Waals surface area contributed by atoms with Crippen LogP contribution in [-0.2, 0) is 26.4 Å². The highest BCUT2D eigenvalue weighted by atomic mass is 16.7. The third kappa shape index (κ3) is 5.81. The molecule has 1 atom stereocenters. The monoisotopic (exact) mass is 371 g/mol. The number of nitrogens with one attached hydrogen (secondary N) is 1. The Morgan fingerprint density at radius 2 is 1.67 bits per heavy atom. The molecule has 27 heavy (non-hydrogen) atoms. The van der Waals surface area contributed by atoms with Crippen molar-refractivity contribution in [3.8, 4) is 5.75 Å².